The lowest BCUT2D eigenvalue weighted by atomic mass is 9.92. The molecule has 12 rings (SSSR count). The Morgan fingerprint density at radius 1 is 0.518 bits per heavy atom. The summed E-state index contributed by atoms with van der Waals surface area (Å²) < 4.78 is 41.5. The normalized spacial score (nSPS) is 16.7. The minimum Gasteiger partial charge on any atom is -0.497 e. The number of hydrogen-bond acceptors (Lipinski definition) is 18. The predicted octanol–water partition coefficient (Wildman–Crippen LogP) is 8.98. The Hall–Kier alpha value is -10.8. The zero-order valence-corrected chi connectivity index (χ0v) is 46.6. The number of hydrogen-bond donors (Lipinski definition) is 3. The Kier molecular flexibility index (Phi) is 16.0. The van der Waals surface area contributed by atoms with Gasteiger partial charge in [0.15, 0.2) is 17.5 Å². The van der Waals surface area contributed by atoms with Gasteiger partial charge in [-0.05, 0) is 152 Å². The number of nitrogens with zero attached hydrogens (tertiary/aromatic N) is 12. The number of benzene rings is 3. The molecule has 430 valence electrons. The minimum atomic E-state index is -0.513. The molecule has 1 atom stereocenters. The van der Waals surface area contributed by atoms with Gasteiger partial charge in [0.25, 0.3) is 17.7 Å². The van der Waals surface area contributed by atoms with Crippen LogP contribution in [0.1, 0.15) is 80.2 Å². The van der Waals surface area contributed by atoms with Crippen LogP contribution >= 0.6 is 0 Å². The number of carbonyl (C=O) groups is 3. The molecular weight excluding hydrogens is 1090 g/mol. The molecule has 3 aliphatic heterocycles. The number of aryl methyl sites for hydroxylation is 3. The van der Waals surface area contributed by atoms with Crippen molar-refractivity contribution < 1.29 is 42.8 Å². The Labute approximate surface area is 486 Å². The molecule has 0 saturated heterocycles. The van der Waals surface area contributed by atoms with Crippen LogP contribution in [0.15, 0.2) is 134 Å². The van der Waals surface area contributed by atoms with Crippen molar-refractivity contribution in [3.63, 3.8) is 0 Å². The molecule has 6 bridgehead atoms. The van der Waals surface area contributed by atoms with E-state index in [1.54, 1.807) is 97.8 Å². The summed E-state index contributed by atoms with van der Waals surface area (Å²) in [4.78, 5) is 57.9. The highest BCUT2D eigenvalue weighted by molar-refractivity contribution is 6.07. The van der Waals surface area contributed by atoms with Gasteiger partial charge in [-0.15, -0.1) is 30.6 Å². The van der Waals surface area contributed by atoms with Gasteiger partial charge < -0.3 is 58.1 Å². The highest BCUT2D eigenvalue weighted by Gasteiger charge is 2.26. The van der Waals surface area contributed by atoms with Crippen LogP contribution in [0.3, 0.4) is 0 Å². The van der Waals surface area contributed by atoms with Crippen LogP contribution in [-0.2, 0) is 19.6 Å². The quantitative estimate of drug-likeness (QED) is 0.136. The van der Waals surface area contributed by atoms with E-state index in [1.165, 1.54) is 21.3 Å². The average Bonchev–Trinajstić information content (AvgIpc) is 4.52. The molecule has 3 amide bonds. The van der Waals surface area contributed by atoms with Gasteiger partial charge in [-0.2, -0.15) is 0 Å². The first kappa shape index (κ1) is 54.8. The van der Waals surface area contributed by atoms with Crippen molar-refractivity contribution in [2.45, 2.75) is 57.7 Å². The van der Waals surface area contributed by atoms with E-state index in [9.17, 15) is 14.4 Å². The molecule has 0 radical (unpaired) electrons. The lowest BCUT2D eigenvalue weighted by molar-refractivity contribution is 0.101. The minimum absolute atomic E-state index is 0.0268. The van der Waals surface area contributed by atoms with E-state index >= 15 is 0 Å². The molecule has 0 spiro atoms. The number of nitrogens with one attached hydrogen (secondary N) is 3. The summed E-state index contributed by atoms with van der Waals surface area (Å²) in [5.74, 6) is 2.89. The van der Waals surface area contributed by atoms with E-state index in [0.29, 0.717) is 119 Å². The Bertz CT molecular complexity index is 4040. The van der Waals surface area contributed by atoms with Gasteiger partial charge >= 0.3 is 0 Å². The summed E-state index contributed by atoms with van der Waals surface area (Å²) >= 11 is 0. The monoisotopic (exact) mass is 1140 g/mol. The number of aromatic nitrogens is 12. The first-order valence-electron chi connectivity index (χ1n) is 27.5. The number of carbonyl (C=O) groups excluding carboxylic acids is 3. The van der Waals surface area contributed by atoms with Crippen LogP contribution in [0.2, 0.25) is 0 Å². The van der Waals surface area contributed by atoms with E-state index in [1.807, 2.05) is 50.1 Å². The van der Waals surface area contributed by atoms with Crippen LogP contribution in [-0.4, -0.2) is 118 Å². The largest absolute Gasteiger partial charge is 0.497 e. The molecule has 3 N–H and O–H groups in total. The molecule has 0 saturated carbocycles. The molecular formula is C61H57N15O9. The summed E-state index contributed by atoms with van der Waals surface area (Å²) in [6.07, 6.45) is 13.8. The number of methoxy groups -OCH3 is 3. The van der Waals surface area contributed by atoms with Crippen LogP contribution in [0.4, 0.5) is 17.5 Å². The summed E-state index contributed by atoms with van der Waals surface area (Å²) in [5, 5.41) is 35.6. The number of fused-ring (bicyclic) bond motifs is 15. The highest BCUT2D eigenvalue weighted by atomic mass is 16.5. The third-order valence-corrected chi connectivity index (χ3v) is 14.7. The van der Waals surface area contributed by atoms with E-state index in [0.717, 1.165) is 24.0 Å². The third kappa shape index (κ3) is 12.2. The number of rotatable bonds is 5. The van der Waals surface area contributed by atoms with Crippen LogP contribution in [0, 0.1) is 0 Å². The van der Waals surface area contributed by atoms with Crippen molar-refractivity contribution >= 4 is 40.7 Å². The second kappa shape index (κ2) is 24.7. The molecule has 1 unspecified atom stereocenters. The fraction of sp³-hybridized carbons (Fsp3) is 0.246. The zero-order chi connectivity index (χ0) is 58.2. The number of ether oxygens (including phenoxy) is 6. The molecule has 85 heavy (non-hydrogen) atoms. The molecule has 6 aromatic heterocycles. The van der Waals surface area contributed by atoms with Crippen LogP contribution in [0.25, 0.3) is 40.1 Å². The van der Waals surface area contributed by atoms with Crippen molar-refractivity contribution in [3.8, 4) is 69.1 Å². The van der Waals surface area contributed by atoms with E-state index < -0.39 is 17.7 Å². The topological polar surface area (TPSA) is 273 Å². The van der Waals surface area contributed by atoms with Crippen LogP contribution in [0.5, 0.6) is 34.5 Å². The van der Waals surface area contributed by atoms with Gasteiger partial charge in [0, 0.05) is 19.6 Å². The Balaban J connectivity index is 0.946. The molecule has 24 nitrogen and oxygen atoms in total. The summed E-state index contributed by atoms with van der Waals surface area (Å²) in [7, 11) is 4.58. The molecule has 0 fully saturated rings. The molecule has 9 heterocycles. The fourth-order valence-corrected chi connectivity index (χ4v) is 10.3. The number of pyridine rings is 3. The smallest absolute Gasteiger partial charge is 0.260 e. The average molecular weight is 1140 g/mol. The number of allylic oxidation sites excluding steroid dienone is 2. The van der Waals surface area contributed by atoms with Crippen molar-refractivity contribution in [1.82, 2.24) is 59.2 Å². The van der Waals surface area contributed by atoms with E-state index in [-0.39, 0.29) is 54.1 Å². The lowest BCUT2D eigenvalue weighted by Crippen LogP contribution is -2.17. The Morgan fingerprint density at radius 2 is 1.06 bits per heavy atom. The number of anilines is 3. The van der Waals surface area contributed by atoms with Crippen molar-refractivity contribution in [1.29, 1.82) is 0 Å². The molecule has 9 aromatic rings. The van der Waals surface area contributed by atoms with Crippen molar-refractivity contribution in [3.05, 3.63) is 162 Å². The predicted molar refractivity (Wildman–Crippen MR) is 312 cm³/mol. The highest BCUT2D eigenvalue weighted by Crippen LogP contribution is 2.36. The van der Waals surface area contributed by atoms with Gasteiger partial charge in [0.05, 0.1) is 44.6 Å². The molecule has 3 aromatic carbocycles. The number of amides is 3. The maximum absolute atomic E-state index is 14.8. The first-order valence-corrected chi connectivity index (χ1v) is 27.5. The third-order valence-electron chi connectivity index (χ3n) is 14.7. The second-order valence-corrected chi connectivity index (χ2v) is 20.0. The van der Waals surface area contributed by atoms with Gasteiger partial charge in [0.1, 0.15) is 101 Å². The van der Waals surface area contributed by atoms with Gasteiger partial charge in [-0.25, -0.2) is 15.0 Å². The van der Waals surface area contributed by atoms with Gasteiger partial charge in [0.2, 0.25) is 0 Å². The van der Waals surface area contributed by atoms with Gasteiger partial charge in [-0.1, -0.05) is 18.2 Å². The van der Waals surface area contributed by atoms with Gasteiger partial charge in [-0.3, -0.25) is 14.4 Å². The maximum Gasteiger partial charge on any atom is 0.260 e. The lowest BCUT2D eigenvalue weighted by Gasteiger charge is -2.21. The molecule has 0 aliphatic carbocycles. The fourth-order valence-electron chi connectivity index (χ4n) is 10.3. The molecule has 24 heteroatoms. The summed E-state index contributed by atoms with van der Waals surface area (Å²) in [5.41, 5.74) is 4.35. The van der Waals surface area contributed by atoms with E-state index in [4.69, 9.17) is 43.4 Å². The maximum atomic E-state index is 14.8. The zero-order valence-electron chi connectivity index (χ0n) is 46.6. The van der Waals surface area contributed by atoms with Crippen molar-refractivity contribution in [2.75, 3.05) is 57.1 Å². The first-order chi connectivity index (χ1) is 41.7. The summed E-state index contributed by atoms with van der Waals surface area (Å²) in [6, 6.07) is 27.9. The van der Waals surface area contributed by atoms with Crippen LogP contribution < -0.4 is 44.4 Å². The van der Waals surface area contributed by atoms with E-state index in [2.05, 4.69) is 46.5 Å². The Morgan fingerprint density at radius 3 is 1.69 bits per heavy atom. The summed E-state index contributed by atoms with van der Waals surface area (Å²) in [6.45, 7) is 1.84. The molecule has 3 aliphatic rings. The second-order valence-electron chi connectivity index (χ2n) is 20.0. The van der Waals surface area contributed by atoms with Crippen molar-refractivity contribution in [2.24, 2.45) is 0 Å². The SMILES string of the molecule is COc1ccc2c(c1)C(=O)Nc1cccc(n1)-c1nncn1CC/C(c1cc3nc(c1)-c1nncn1CCC(c1cc4nc(c1)-c1nncn1CCC/C=C/COc1ccc(OC)cc1C(=O)N4)CCOc1ccc(OC)cc1C(=O)N3)=C/CO2. The standard InChI is InChI=1S/C61H57N15O9/c1-80-41-11-14-50-44(31-41)60(78)69-54-29-39(27-48(66-54)57-72-62-34-74(57)21-6-4-5-7-24-83-50)38-18-23-76-36-64-73-58(76)49-28-40(30-55(67-49)70-61(79)46-33-43(82-3)13-16-52(46)85-26-20-38)37-17-22-75-35-63-71-56(75)47-9-8-10-53(65-47)68-59(77)45-32-42(81-2)12-15-51(45)84-25-19-37/h5,7-16,19,27-36,38H,4,6,17-18,20-26H2,1-3H3,(H,65,68,77)(H,66,69,78)(H,67,70,79)/b7-5+,37-19-.